The van der Waals surface area contributed by atoms with Gasteiger partial charge in [0.1, 0.15) is 12.1 Å². The molecule has 2 rings (SSSR count). The monoisotopic (exact) mass is 549 g/mol. The van der Waals surface area contributed by atoms with Crippen LogP contribution in [0.1, 0.15) is 31.7 Å². The predicted molar refractivity (Wildman–Crippen MR) is 134 cm³/mol. The number of hydrogen-bond acceptors (Lipinski definition) is 8. The Hall–Kier alpha value is -4.50. The van der Waals surface area contributed by atoms with E-state index in [9.17, 15) is 39.0 Å². The smallest absolute Gasteiger partial charge is 0.328 e. The maximum Gasteiger partial charge on any atom is 0.328 e. The minimum atomic E-state index is -1.74. The van der Waals surface area contributed by atoms with Crippen LogP contribution in [0.2, 0.25) is 0 Å². The Bertz CT molecular complexity index is 1230. The van der Waals surface area contributed by atoms with E-state index in [1.807, 2.05) is 0 Å². The van der Waals surface area contributed by atoms with E-state index in [1.54, 1.807) is 30.5 Å². The number of para-hydroxylation sites is 1. The van der Waals surface area contributed by atoms with Crippen molar-refractivity contribution < 1.29 is 49.2 Å². The molecule has 1 aromatic carbocycles. The zero-order valence-electron chi connectivity index (χ0n) is 20.9. The van der Waals surface area contributed by atoms with Crippen molar-refractivity contribution in [3.05, 3.63) is 36.0 Å². The molecule has 15 nitrogen and oxygen atoms in total. The molecule has 0 bridgehead atoms. The molecular weight excluding hydrogens is 518 g/mol. The van der Waals surface area contributed by atoms with Crippen LogP contribution < -0.4 is 21.7 Å². The Balaban J connectivity index is 2.33. The number of rotatable bonds is 15. The van der Waals surface area contributed by atoms with Gasteiger partial charge in [-0.1, -0.05) is 18.2 Å². The van der Waals surface area contributed by atoms with Crippen LogP contribution in [-0.4, -0.2) is 91.3 Å². The summed E-state index contributed by atoms with van der Waals surface area (Å²) in [6.07, 6.45) is -1.76. The zero-order chi connectivity index (χ0) is 29.3. The minimum Gasteiger partial charge on any atom is -0.481 e. The Morgan fingerprint density at radius 1 is 0.897 bits per heavy atom. The van der Waals surface area contributed by atoms with Gasteiger partial charge in [0, 0.05) is 29.9 Å². The fourth-order valence-corrected chi connectivity index (χ4v) is 3.74. The lowest BCUT2D eigenvalue weighted by molar-refractivity contribution is -0.145. The third kappa shape index (κ3) is 9.08. The van der Waals surface area contributed by atoms with Crippen LogP contribution >= 0.6 is 0 Å². The van der Waals surface area contributed by atoms with Crippen molar-refractivity contribution in [1.29, 1.82) is 0 Å². The molecule has 39 heavy (non-hydrogen) atoms. The molecule has 1 heterocycles. The number of carbonyl (C=O) groups is 6. The number of aromatic amines is 1. The van der Waals surface area contributed by atoms with Crippen LogP contribution in [0.25, 0.3) is 10.9 Å². The number of aliphatic hydroxyl groups is 1. The third-order valence-electron chi connectivity index (χ3n) is 5.79. The van der Waals surface area contributed by atoms with Crippen molar-refractivity contribution in [3.63, 3.8) is 0 Å². The largest absolute Gasteiger partial charge is 0.481 e. The highest BCUT2D eigenvalue weighted by Gasteiger charge is 2.32. The average Bonchev–Trinajstić information content (AvgIpc) is 3.26. The molecule has 0 aliphatic rings. The lowest BCUT2D eigenvalue weighted by atomic mass is 10.0. The molecule has 0 saturated heterocycles. The lowest BCUT2D eigenvalue weighted by Gasteiger charge is -2.25. The van der Waals surface area contributed by atoms with Gasteiger partial charge in [-0.05, 0) is 25.0 Å². The summed E-state index contributed by atoms with van der Waals surface area (Å²) in [7, 11) is 0. The highest BCUT2D eigenvalue weighted by atomic mass is 16.4. The molecule has 1 aromatic heterocycles. The van der Waals surface area contributed by atoms with Crippen LogP contribution in [0, 0.1) is 0 Å². The highest BCUT2D eigenvalue weighted by Crippen LogP contribution is 2.19. The van der Waals surface area contributed by atoms with Crippen LogP contribution in [0.15, 0.2) is 30.5 Å². The predicted octanol–water partition coefficient (Wildman–Crippen LogP) is -1.70. The van der Waals surface area contributed by atoms with Gasteiger partial charge in [-0.25, -0.2) is 4.79 Å². The van der Waals surface area contributed by atoms with Crippen molar-refractivity contribution in [2.45, 2.75) is 62.9 Å². The Kier molecular flexibility index (Phi) is 10.9. The first-order chi connectivity index (χ1) is 18.3. The molecule has 3 amide bonds. The first kappa shape index (κ1) is 30.7. The zero-order valence-corrected chi connectivity index (χ0v) is 20.9. The van der Waals surface area contributed by atoms with Crippen molar-refractivity contribution in [2.75, 3.05) is 0 Å². The van der Waals surface area contributed by atoms with Gasteiger partial charge < -0.3 is 47.1 Å². The van der Waals surface area contributed by atoms with Crippen LogP contribution in [-0.2, 0) is 35.2 Å². The molecule has 2 aromatic rings. The number of aliphatic hydroxyl groups excluding tert-OH is 1. The summed E-state index contributed by atoms with van der Waals surface area (Å²) < 4.78 is 0. The molecule has 0 saturated carbocycles. The van der Waals surface area contributed by atoms with E-state index < -0.39 is 85.2 Å². The molecule has 212 valence electrons. The number of nitrogens with one attached hydrogen (secondary N) is 4. The molecule has 0 radical (unpaired) electrons. The maximum atomic E-state index is 13.3. The summed E-state index contributed by atoms with van der Waals surface area (Å²) in [5.41, 5.74) is 6.95. The number of hydrogen-bond donors (Lipinski definition) is 9. The number of carbonyl (C=O) groups excluding carboxylic acids is 3. The molecule has 5 atom stereocenters. The Labute approximate surface area is 221 Å². The summed E-state index contributed by atoms with van der Waals surface area (Å²) >= 11 is 0. The molecule has 5 unspecified atom stereocenters. The van der Waals surface area contributed by atoms with Gasteiger partial charge in [0.05, 0.1) is 18.6 Å². The van der Waals surface area contributed by atoms with E-state index in [2.05, 4.69) is 20.9 Å². The normalized spacial score (nSPS) is 14.8. The third-order valence-corrected chi connectivity index (χ3v) is 5.79. The van der Waals surface area contributed by atoms with Crippen molar-refractivity contribution >= 4 is 46.5 Å². The number of benzene rings is 1. The summed E-state index contributed by atoms with van der Waals surface area (Å²) in [6.45, 7) is 1.12. The molecular formula is C24H31N5O10. The summed E-state index contributed by atoms with van der Waals surface area (Å²) in [5, 5.41) is 44.4. The van der Waals surface area contributed by atoms with Crippen molar-refractivity contribution in [2.24, 2.45) is 5.73 Å². The number of nitrogens with two attached hydrogens (primary N) is 1. The van der Waals surface area contributed by atoms with Crippen LogP contribution in [0.5, 0.6) is 0 Å². The molecule has 0 aliphatic heterocycles. The maximum absolute atomic E-state index is 13.3. The van der Waals surface area contributed by atoms with E-state index in [1.165, 1.54) is 0 Å². The van der Waals surface area contributed by atoms with E-state index >= 15 is 0 Å². The lowest BCUT2D eigenvalue weighted by Crippen LogP contribution is -2.58. The van der Waals surface area contributed by atoms with Gasteiger partial charge in [0.25, 0.3) is 0 Å². The second kappa shape index (κ2) is 13.9. The SMILES string of the molecule is CC(O)C(NC(=O)C(CCC(=O)O)NC(=O)C(Cc1c[nH]c2ccccc12)NC(=O)C(N)CC(=O)O)C(=O)O. The van der Waals surface area contributed by atoms with Gasteiger partial charge in [-0.2, -0.15) is 0 Å². The topological polar surface area (TPSA) is 261 Å². The van der Waals surface area contributed by atoms with Gasteiger partial charge in [0.2, 0.25) is 17.7 Å². The number of aliphatic carboxylic acids is 3. The fourth-order valence-electron chi connectivity index (χ4n) is 3.74. The number of carboxylic acid groups (broad SMARTS) is 3. The van der Waals surface area contributed by atoms with E-state index in [0.29, 0.717) is 5.56 Å². The van der Waals surface area contributed by atoms with E-state index in [4.69, 9.17) is 15.9 Å². The van der Waals surface area contributed by atoms with Crippen molar-refractivity contribution in [3.8, 4) is 0 Å². The van der Waals surface area contributed by atoms with E-state index in [0.717, 1.165) is 17.8 Å². The van der Waals surface area contributed by atoms with Gasteiger partial charge >= 0.3 is 17.9 Å². The minimum absolute atomic E-state index is 0.125. The highest BCUT2D eigenvalue weighted by molar-refractivity contribution is 5.95. The van der Waals surface area contributed by atoms with Crippen LogP contribution in [0.4, 0.5) is 0 Å². The second-order valence-corrected chi connectivity index (χ2v) is 8.89. The molecule has 0 aliphatic carbocycles. The number of aromatic nitrogens is 1. The number of amides is 3. The summed E-state index contributed by atoms with van der Waals surface area (Å²) in [5.74, 6) is -7.16. The summed E-state index contributed by atoms with van der Waals surface area (Å²) in [4.78, 5) is 75.2. The standard InChI is InChI=1S/C24H31N5O10/c1-11(30)20(24(38)39)29-22(36)16(6-7-18(31)32)27-23(37)17(28-21(35)14(25)9-19(33)34)8-12-10-26-15-5-3-2-4-13(12)15/h2-5,10-11,14,16-17,20,26,30H,6-9,25H2,1H3,(H,27,37)(H,28,35)(H,29,36)(H,31,32)(H,33,34)(H,38,39). The van der Waals surface area contributed by atoms with Gasteiger partial charge in [-0.3, -0.25) is 24.0 Å². The molecule has 0 spiro atoms. The summed E-state index contributed by atoms with van der Waals surface area (Å²) in [6, 6.07) is 0.910. The number of carboxylic acids is 3. The first-order valence-electron chi connectivity index (χ1n) is 11.9. The number of fused-ring (bicyclic) bond motifs is 1. The Morgan fingerprint density at radius 3 is 2.10 bits per heavy atom. The average molecular weight is 550 g/mol. The van der Waals surface area contributed by atoms with Crippen molar-refractivity contribution in [1.82, 2.24) is 20.9 Å². The Morgan fingerprint density at radius 2 is 1.51 bits per heavy atom. The first-order valence-corrected chi connectivity index (χ1v) is 11.9. The molecule has 0 fully saturated rings. The van der Waals surface area contributed by atoms with E-state index in [-0.39, 0.29) is 6.42 Å². The molecule has 15 heteroatoms. The number of H-pyrrole nitrogens is 1. The molecule has 10 N–H and O–H groups in total. The van der Waals surface area contributed by atoms with Gasteiger partial charge in [-0.15, -0.1) is 0 Å². The second-order valence-electron chi connectivity index (χ2n) is 8.89. The fraction of sp³-hybridized carbons (Fsp3) is 0.417. The van der Waals surface area contributed by atoms with Crippen LogP contribution in [0.3, 0.4) is 0 Å². The van der Waals surface area contributed by atoms with Gasteiger partial charge in [0.15, 0.2) is 6.04 Å². The quantitative estimate of drug-likeness (QED) is 0.121.